The predicted molar refractivity (Wildman–Crippen MR) is 70.7 cm³/mol. The molecule has 1 rings (SSSR count). The van der Waals surface area contributed by atoms with E-state index in [1.54, 1.807) is 39.1 Å². The number of benzene rings is 1. The monoisotopic (exact) mass is 252 g/mol. The van der Waals surface area contributed by atoms with Crippen LogP contribution in [-0.4, -0.2) is 42.2 Å². The van der Waals surface area contributed by atoms with Gasteiger partial charge in [0.25, 0.3) is 5.91 Å². The van der Waals surface area contributed by atoms with Crippen LogP contribution in [0.25, 0.3) is 0 Å². The van der Waals surface area contributed by atoms with Crippen LogP contribution in [0.5, 0.6) is 5.75 Å². The van der Waals surface area contributed by atoms with Crippen molar-refractivity contribution >= 4 is 11.6 Å². The largest absolute Gasteiger partial charge is 0.495 e. The van der Waals surface area contributed by atoms with Crippen LogP contribution in [0.4, 0.5) is 5.69 Å². The molecule has 5 heteroatoms. The van der Waals surface area contributed by atoms with Crippen molar-refractivity contribution in [3.63, 3.8) is 0 Å². The van der Waals surface area contributed by atoms with Gasteiger partial charge in [-0.25, -0.2) is 0 Å². The van der Waals surface area contributed by atoms with Crippen molar-refractivity contribution in [2.75, 3.05) is 26.4 Å². The molecule has 0 radical (unpaired) electrons. The zero-order chi connectivity index (χ0) is 13.9. The van der Waals surface area contributed by atoms with Crippen LogP contribution in [0.3, 0.4) is 0 Å². The lowest BCUT2D eigenvalue weighted by Gasteiger charge is -2.25. The van der Waals surface area contributed by atoms with Crippen LogP contribution >= 0.6 is 0 Å². The highest BCUT2D eigenvalue weighted by Crippen LogP contribution is 2.22. The van der Waals surface area contributed by atoms with Gasteiger partial charge in [0.2, 0.25) is 0 Å². The number of amides is 1. The number of carbonyl (C=O) groups excluding carboxylic acids is 1. The summed E-state index contributed by atoms with van der Waals surface area (Å²) >= 11 is 0. The van der Waals surface area contributed by atoms with Crippen LogP contribution in [-0.2, 0) is 0 Å². The number of rotatable bonds is 4. The van der Waals surface area contributed by atoms with Crippen molar-refractivity contribution in [3.8, 4) is 5.75 Å². The Bertz CT molecular complexity index is 438. The van der Waals surface area contributed by atoms with Gasteiger partial charge in [-0.15, -0.1) is 0 Å². The quantitative estimate of drug-likeness (QED) is 0.787. The molecule has 0 saturated heterocycles. The Labute approximate surface area is 107 Å². The van der Waals surface area contributed by atoms with Crippen LogP contribution in [0.1, 0.15) is 24.2 Å². The highest BCUT2D eigenvalue weighted by molar-refractivity contribution is 5.95. The first-order valence-electron chi connectivity index (χ1n) is 5.66. The zero-order valence-electron chi connectivity index (χ0n) is 11.2. The van der Waals surface area contributed by atoms with Crippen LogP contribution in [0, 0.1) is 0 Å². The molecule has 0 unspecified atom stereocenters. The average molecular weight is 252 g/mol. The molecule has 0 aliphatic carbocycles. The Balaban J connectivity index is 2.87. The number of methoxy groups -OCH3 is 1. The summed E-state index contributed by atoms with van der Waals surface area (Å²) in [5, 5.41) is 9.68. The number of nitrogens with zero attached hydrogens (tertiary/aromatic N) is 1. The average Bonchev–Trinajstić information content (AvgIpc) is 2.25. The van der Waals surface area contributed by atoms with E-state index in [1.807, 2.05) is 0 Å². The summed E-state index contributed by atoms with van der Waals surface area (Å²) in [5.41, 5.74) is 5.71. The number of carbonyl (C=O) groups is 1. The third-order valence-electron chi connectivity index (χ3n) is 2.45. The summed E-state index contributed by atoms with van der Waals surface area (Å²) in [6.07, 6.45) is 0. The summed E-state index contributed by atoms with van der Waals surface area (Å²) in [7, 11) is 3.16. The van der Waals surface area contributed by atoms with E-state index in [0.29, 0.717) is 17.0 Å². The molecule has 0 saturated carbocycles. The Kier molecular flexibility index (Phi) is 4.19. The molecule has 0 aliphatic heterocycles. The number of nitrogen functional groups attached to an aromatic ring is 1. The van der Waals surface area contributed by atoms with E-state index in [2.05, 4.69) is 0 Å². The fraction of sp³-hybridized carbons (Fsp3) is 0.462. The second-order valence-electron chi connectivity index (χ2n) is 4.93. The third kappa shape index (κ3) is 3.63. The van der Waals surface area contributed by atoms with Crippen molar-refractivity contribution in [1.29, 1.82) is 0 Å². The van der Waals surface area contributed by atoms with E-state index in [9.17, 15) is 9.90 Å². The normalized spacial score (nSPS) is 11.2. The van der Waals surface area contributed by atoms with Gasteiger partial charge in [0.1, 0.15) is 5.75 Å². The minimum absolute atomic E-state index is 0.188. The Morgan fingerprint density at radius 3 is 2.56 bits per heavy atom. The third-order valence-corrected chi connectivity index (χ3v) is 2.45. The number of ether oxygens (including phenoxy) is 1. The first-order valence-corrected chi connectivity index (χ1v) is 5.66. The van der Waals surface area contributed by atoms with E-state index in [1.165, 1.54) is 12.0 Å². The predicted octanol–water partition coefficient (Wildman–Crippen LogP) is 1.12. The second-order valence-corrected chi connectivity index (χ2v) is 4.93. The summed E-state index contributed by atoms with van der Waals surface area (Å²) in [4.78, 5) is 13.6. The maximum atomic E-state index is 12.1. The van der Waals surface area contributed by atoms with Crippen molar-refractivity contribution < 1.29 is 14.6 Å². The van der Waals surface area contributed by atoms with Gasteiger partial charge in [0.05, 0.1) is 18.4 Å². The molecule has 1 aromatic carbocycles. The highest BCUT2D eigenvalue weighted by Gasteiger charge is 2.20. The fourth-order valence-corrected chi connectivity index (χ4v) is 1.74. The molecular weight excluding hydrogens is 232 g/mol. The van der Waals surface area contributed by atoms with Gasteiger partial charge < -0.3 is 20.5 Å². The minimum atomic E-state index is -0.928. The summed E-state index contributed by atoms with van der Waals surface area (Å²) in [5.74, 6) is 0.350. The molecule has 5 nitrogen and oxygen atoms in total. The molecular formula is C13H20N2O3. The van der Waals surface area contributed by atoms with Crippen molar-refractivity contribution in [2.24, 2.45) is 0 Å². The maximum absolute atomic E-state index is 12.1. The molecule has 0 fully saturated rings. The molecule has 100 valence electrons. The number of aliphatic hydroxyl groups is 1. The molecule has 0 atom stereocenters. The number of anilines is 1. The Morgan fingerprint density at radius 1 is 1.50 bits per heavy atom. The zero-order valence-corrected chi connectivity index (χ0v) is 11.2. The fourth-order valence-electron chi connectivity index (χ4n) is 1.74. The Morgan fingerprint density at radius 2 is 2.11 bits per heavy atom. The van der Waals surface area contributed by atoms with Gasteiger partial charge in [-0.2, -0.15) is 0 Å². The molecule has 3 N–H and O–H groups in total. The van der Waals surface area contributed by atoms with Crippen LogP contribution in [0.2, 0.25) is 0 Å². The number of likely N-dealkylation sites (N-methyl/N-ethyl adjacent to an activating group) is 1. The van der Waals surface area contributed by atoms with Gasteiger partial charge in [0.15, 0.2) is 0 Å². The van der Waals surface area contributed by atoms with Crippen LogP contribution < -0.4 is 10.5 Å². The highest BCUT2D eigenvalue weighted by atomic mass is 16.5. The number of hydrogen-bond donors (Lipinski definition) is 2. The molecule has 0 aliphatic rings. The van der Waals surface area contributed by atoms with Gasteiger partial charge in [0, 0.05) is 19.2 Å². The topological polar surface area (TPSA) is 75.8 Å². The lowest BCUT2D eigenvalue weighted by molar-refractivity contribution is 0.0368. The molecule has 1 aromatic rings. The maximum Gasteiger partial charge on any atom is 0.253 e. The smallest absolute Gasteiger partial charge is 0.253 e. The molecule has 0 heterocycles. The van der Waals surface area contributed by atoms with Crippen molar-refractivity contribution in [2.45, 2.75) is 19.4 Å². The van der Waals surface area contributed by atoms with Gasteiger partial charge in [-0.05, 0) is 32.0 Å². The van der Waals surface area contributed by atoms with E-state index in [0.717, 1.165) is 0 Å². The number of nitrogens with two attached hydrogens (primary N) is 1. The van der Waals surface area contributed by atoms with E-state index in [-0.39, 0.29) is 12.5 Å². The summed E-state index contributed by atoms with van der Waals surface area (Å²) in [6.45, 7) is 3.55. The van der Waals surface area contributed by atoms with Crippen molar-refractivity contribution in [3.05, 3.63) is 23.8 Å². The number of hydrogen-bond acceptors (Lipinski definition) is 4. The summed E-state index contributed by atoms with van der Waals surface area (Å²) < 4.78 is 5.03. The van der Waals surface area contributed by atoms with Gasteiger partial charge in [-0.3, -0.25) is 4.79 Å². The first-order chi connectivity index (χ1) is 8.24. The van der Waals surface area contributed by atoms with Crippen LogP contribution in [0.15, 0.2) is 18.2 Å². The Hall–Kier alpha value is -1.75. The lowest BCUT2D eigenvalue weighted by Crippen LogP contribution is -2.39. The lowest BCUT2D eigenvalue weighted by atomic mass is 10.1. The molecule has 0 aromatic heterocycles. The minimum Gasteiger partial charge on any atom is -0.495 e. The standard InChI is InChI=1S/C13H20N2O3/c1-13(2,17)8-15(3)12(16)9-5-6-11(18-4)10(14)7-9/h5-7,17H,8,14H2,1-4H3. The van der Waals surface area contributed by atoms with Gasteiger partial charge >= 0.3 is 0 Å². The molecule has 1 amide bonds. The SMILES string of the molecule is COc1ccc(C(=O)N(C)CC(C)(C)O)cc1N. The van der Waals surface area contributed by atoms with E-state index < -0.39 is 5.60 Å². The molecule has 18 heavy (non-hydrogen) atoms. The van der Waals surface area contributed by atoms with Gasteiger partial charge in [-0.1, -0.05) is 0 Å². The van der Waals surface area contributed by atoms with E-state index in [4.69, 9.17) is 10.5 Å². The molecule has 0 bridgehead atoms. The second kappa shape index (κ2) is 5.27. The van der Waals surface area contributed by atoms with E-state index >= 15 is 0 Å². The first kappa shape index (κ1) is 14.3. The van der Waals surface area contributed by atoms with Crippen molar-refractivity contribution in [1.82, 2.24) is 4.90 Å². The molecule has 0 spiro atoms. The summed E-state index contributed by atoms with van der Waals surface area (Å²) in [6, 6.07) is 4.88.